The summed E-state index contributed by atoms with van der Waals surface area (Å²) < 4.78 is 13.7. The first kappa shape index (κ1) is 12.4. The summed E-state index contributed by atoms with van der Waals surface area (Å²) in [6, 6.07) is 5.82. The van der Waals surface area contributed by atoms with E-state index >= 15 is 0 Å². The molecular weight excluding hydrogens is 213 g/mol. The van der Waals surface area contributed by atoms with Crippen molar-refractivity contribution in [3.05, 3.63) is 29.6 Å². The van der Waals surface area contributed by atoms with Gasteiger partial charge < -0.3 is 5.32 Å². The molecule has 17 heavy (non-hydrogen) atoms. The van der Waals surface area contributed by atoms with Crippen LogP contribution in [0.15, 0.2) is 18.2 Å². The van der Waals surface area contributed by atoms with E-state index in [0.29, 0.717) is 17.1 Å². The predicted molar refractivity (Wildman–Crippen MR) is 70.8 cm³/mol. The molecule has 0 aliphatic heterocycles. The smallest absolute Gasteiger partial charge is 0.146 e. The second-order valence-corrected chi connectivity index (χ2v) is 6.09. The molecule has 1 aromatic carbocycles. The molecule has 94 valence electrons. The minimum Gasteiger partial charge on any atom is -0.380 e. The van der Waals surface area contributed by atoms with Gasteiger partial charge in [-0.1, -0.05) is 26.3 Å². The van der Waals surface area contributed by atoms with E-state index in [-0.39, 0.29) is 5.82 Å². The number of hydrogen-bond donors (Lipinski definition) is 1. The van der Waals surface area contributed by atoms with Crippen LogP contribution in [0, 0.1) is 18.2 Å². The Labute approximate surface area is 103 Å². The molecule has 0 spiro atoms. The molecule has 2 rings (SSSR count). The molecule has 1 N–H and O–H groups in total. The van der Waals surface area contributed by atoms with Gasteiger partial charge >= 0.3 is 0 Å². The summed E-state index contributed by atoms with van der Waals surface area (Å²) in [7, 11) is 0. The van der Waals surface area contributed by atoms with Gasteiger partial charge in [0.15, 0.2) is 0 Å². The van der Waals surface area contributed by atoms with Crippen molar-refractivity contribution in [1.29, 1.82) is 0 Å². The van der Waals surface area contributed by atoms with Gasteiger partial charge in [0.1, 0.15) is 5.82 Å². The predicted octanol–water partition coefficient (Wildman–Crippen LogP) is 4.51. The number of nitrogens with one attached hydrogen (secondary N) is 1. The zero-order chi connectivity index (χ0) is 12.5. The van der Waals surface area contributed by atoms with E-state index in [4.69, 9.17) is 0 Å². The second-order valence-electron chi connectivity index (χ2n) is 6.09. The van der Waals surface area contributed by atoms with Crippen molar-refractivity contribution in [3.8, 4) is 0 Å². The zero-order valence-corrected chi connectivity index (χ0v) is 11.0. The van der Waals surface area contributed by atoms with Crippen LogP contribution < -0.4 is 5.32 Å². The molecule has 1 nitrogen and oxygen atoms in total. The van der Waals surface area contributed by atoms with E-state index in [1.165, 1.54) is 12.8 Å². The molecule has 1 unspecified atom stereocenters. The molecule has 1 aromatic rings. The van der Waals surface area contributed by atoms with Gasteiger partial charge in [0.25, 0.3) is 0 Å². The highest BCUT2D eigenvalue weighted by molar-refractivity contribution is 5.47. The SMILES string of the molecule is Cc1ccc(NC2CCCC(C)(C)C2)c(F)c1. The van der Waals surface area contributed by atoms with Crippen molar-refractivity contribution in [1.82, 2.24) is 0 Å². The maximum Gasteiger partial charge on any atom is 0.146 e. The summed E-state index contributed by atoms with van der Waals surface area (Å²) in [5, 5.41) is 3.36. The minimum atomic E-state index is -0.131. The largest absolute Gasteiger partial charge is 0.380 e. The monoisotopic (exact) mass is 235 g/mol. The molecule has 0 saturated heterocycles. The number of benzene rings is 1. The van der Waals surface area contributed by atoms with Crippen LogP contribution in [0.1, 0.15) is 45.1 Å². The summed E-state index contributed by atoms with van der Waals surface area (Å²) in [6.45, 7) is 6.51. The molecule has 2 heteroatoms. The topological polar surface area (TPSA) is 12.0 Å². The number of halogens is 1. The highest BCUT2D eigenvalue weighted by Crippen LogP contribution is 2.36. The van der Waals surface area contributed by atoms with Gasteiger partial charge in [0, 0.05) is 6.04 Å². The lowest BCUT2D eigenvalue weighted by atomic mass is 9.75. The lowest BCUT2D eigenvalue weighted by molar-refractivity contribution is 0.229. The van der Waals surface area contributed by atoms with E-state index in [1.807, 2.05) is 19.1 Å². The van der Waals surface area contributed by atoms with Crippen LogP contribution in [0.2, 0.25) is 0 Å². The molecular formula is C15H22FN. The fourth-order valence-corrected chi connectivity index (χ4v) is 2.78. The van der Waals surface area contributed by atoms with Crippen LogP contribution in [0.5, 0.6) is 0 Å². The fourth-order valence-electron chi connectivity index (χ4n) is 2.78. The fraction of sp³-hybridized carbons (Fsp3) is 0.600. The third-order valence-electron chi connectivity index (χ3n) is 3.69. The van der Waals surface area contributed by atoms with Gasteiger partial charge in [-0.25, -0.2) is 4.39 Å². The lowest BCUT2D eigenvalue weighted by Gasteiger charge is -2.36. The molecule has 0 radical (unpaired) electrons. The van der Waals surface area contributed by atoms with Gasteiger partial charge in [0.05, 0.1) is 5.69 Å². The Morgan fingerprint density at radius 3 is 2.76 bits per heavy atom. The molecule has 0 amide bonds. The summed E-state index contributed by atoms with van der Waals surface area (Å²) in [6.07, 6.45) is 4.79. The van der Waals surface area contributed by atoms with Crippen LogP contribution >= 0.6 is 0 Å². The van der Waals surface area contributed by atoms with E-state index in [9.17, 15) is 4.39 Å². The summed E-state index contributed by atoms with van der Waals surface area (Å²) in [5.41, 5.74) is 2.01. The first-order chi connectivity index (χ1) is 7.96. The van der Waals surface area contributed by atoms with Crippen LogP contribution in [-0.4, -0.2) is 6.04 Å². The van der Waals surface area contributed by atoms with Crippen LogP contribution in [0.25, 0.3) is 0 Å². The Kier molecular flexibility index (Phi) is 3.41. The zero-order valence-electron chi connectivity index (χ0n) is 11.0. The highest BCUT2D eigenvalue weighted by atomic mass is 19.1. The molecule has 1 aliphatic carbocycles. The highest BCUT2D eigenvalue weighted by Gasteiger charge is 2.28. The Hall–Kier alpha value is -1.05. The summed E-state index contributed by atoms with van der Waals surface area (Å²) >= 11 is 0. The van der Waals surface area contributed by atoms with Crippen molar-refractivity contribution in [2.45, 2.75) is 52.5 Å². The standard InChI is InChI=1S/C15H22FN/c1-11-6-7-14(13(16)9-11)17-12-5-4-8-15(2,3)10-12/h6-7,9,12,17H,4-5,8,10H2,1-3H3. The van der Waals surface area contributed by atoms with Crippen molar-refractivity contribution in [3.63, 3.8) is 0 Å². The maximum atomic E-state index is 13.7. The first-order valence-electron chi connectivity index (χ1n) is 6.49. The van der Waals surface area contributed by atoms with Crippen LogP contribution in [0.3, 0.4) is 0 Å². The lowest BCUT2D eigenvalue weighted by Crippen LogP contribution is -2.32. The average molecular weight is 235 g/mol. The van der Waals surface area contributed by atoms with Crippen molar-refractivity contribution in [2.24, 2.45) is 5.41 Å². The third kappa shape index (κ3) is 3.21. The summed E-state index contributed by atoms with van der Waals surface area (Å²) in [5.74, 6) is -0.131. The molecule has 0 heterocycles. The Morgan fingerprint density at radius 2 is 2.12 bits per heavy atom. The Bertz CT molecular complexity index is 398. The molecule has 1 saturated carbocycles. The number of rotatable bonds is 2. The Morgan fingerprint density at radius 1 is 1.35 bits per heavy atom. The van der Waals surface area contributed by atoms with Gasteiger partial charge in [-0.3, -0.25) is 0 Å². The van der Waals surface area contributed by atoms with Gasteiger partial charge in [-0.2, -0.15) is 0 Å². The summed E-state index contributed by atoms with van der Waals surface area (Å²) in [4.78, 5) is 0. The Balaban J connectivity index is 2.05. The third-order valence-corrected chi connectivity index (χ3v) is 3.69. The van der Waals surface area contributed by atoms with Crippen LogP contribution in [-0.2, 0) is 0 Å². The molecule has 0 bridgehead atoms. The molecule has 1 atom stereocenters. The number of hydrogen-bond acceptors (Lipinski definition) is 1. The van der Waals surface area contributed by atoms with Gasteiger partial charge in [-0.15, -0.1) is 0 Å². The van der Waals surface area contributed by atoms with E-state index in [0.717, 1.165) is 18.4 Å². The minimum absolute atomic E-state index is 0.131. The second kappa shape index (κ2) is 4.67. The quantitative estimate of drug-likeness (QED) is 0.795. The average Bonchev–Trinajstić information content (AvgIpc) is 2.21. The molecule has 0 aromatic heterocycles. The van der Waals surface area contributed by atoms with Crippen molar-refractivity contribution >= 4 is 5.69 Å². The van der Waals surface area contributed by atoms with Crippen molar-refractivity contribution in [2.75, 3.05) is 5.32 Å². The first-order valence-corrected chi connectivity index (χ1v) is 6.49. The molecule has 1 fully saturated rings. The van der Waals surface area contributed by atoms with Gasteiger partial charge in [0.2, 0.25) is 0 Å². The van der Waals surface area contributed by atoms with E-state index in [1.54, 1.807) is 6.07 Å². The van der Waals surface area contributed by atoms with Crippen molar-refractivity contribution < 1.29 is 4.39 Å². The van der Waals surface area contributed by atoms with E-state index < -0.39 is 0 Å². The molecule has 1 aliphatic rings. The maximum absolute atomic E-state index is 13.7. The number of anilines is 1. The normalized spacial score (nSPS) is 23.4. The number of aryl methyl sites for hydroxylation is 1. The van der Waals surface area contributed by atoms with E-state index in [2.05, 4.69) is 19.2 Å². The van der Waals surface area contributed by atoms with Crippen LogP contribution in [0.4, 0.5) is 10.1 Å². The van der Waals surface area contributed by atoms with Gasteiger partial charge in [-0.05, 0) is 49.3 Å².